The summed E-state index contributed by atoms with van der Waals surface area (Å²) in [5.74, 6) is -0.456. The summed E-state index contributed by atoms with van der Waals surface area (Å²) in [6.07, 6.45) is 0. The van der Waals surface area contributed by atoms with Gasteiger partial charge >= 0.3 is 0 Å². The number of primary amides is 1. The van der Waals surface area contributed by atoms with E-state index in [1.165, 1.54) is 15.3 Å². The fraction of sp³-hybridized carbons (Fsp3) is 0.214. The second kappa shape index (κ2) is 5.63. The van der Waals surface area contributed by atoms with Gasteiger partial charge in [0.05, 0.1) is 10.7 Å². The van der Waals surface area contributed by atoms with Crippen molar-refractivity contribution in [2.24, 2.45) is 5.73 Å². The number of nitrogens with two attached hydrogens (primary N) is 1. The van der Waals surface area contributed by atoms with Crippen molar-refractivity contribution in [3.63, 3.8) is 0 Å². The maximum absolute atomic E-state index is 11.1. The Kier molecular flexibility index (Phi) is 4.12. The molecule has 0 aliphatic heterocycles. The van der Waals surface area contributed by atoms with Gasteiger partial charge in [0, 0.05) is 21.9 Å². The topological polar surface area (TPSA) is 55.1 Å². The fourth-order valence-corrected chi connectivity index (χ4v) is 2.99. The number of halogens is 1. The van der Waals surface area contributed by atoms with Crippen LogP contribution in [0.5, 0.6) is 0 Å². The number of aryl methyl sites for hydroxylation is 2. The van der Waals surface area contributed by atoms with Crippen LogP contribution in [-0.4, -0.2) is 5.91 Å². The van der Waals surface area contributed by atoms with Crippen molar-refractivity contribution in [3.05, 3.63) is 50.2 Å². The van der Waals surface area contributed by atoms with Gasteiger partial charge in [-0.1, -0.05) is 11.6 Å². The summed E-state index contributed by atoms with van der Waals surface area (Å²) in [5.41, 5.74) is 7.67. The van der Waals surface area contributed by atoms with E-state index >= 15 is 0 Å². The molecule has 19 heavy (non-hydrogen) atoms. The third-order valence-corrected chi connectivity index (χ3v) is 4.20. The van der Waals surface area contributed by atoms with Crippen LogP contribution in [0, 0.1) is 13.8 Å². The molecule has 1 amide bonds. The Morgan fingerprint density at radius 2 is 2.11 bits per heavy atom. The van der Waals surface area contributed by atoms with Gasteiger partial charge in [-0.2, -0.15) is 0 Å². The summed E-state index contributed by atoms with van der Waals surface area (Å²) >= 11 is 7.87. The average molecular weight is 295 g/mol. The van der Waals surface area contributed by atoms with E-state index in [4.69, 9.17) is 17.3 Å². The van der Waals surface area contributed by atoms with Crippen molar-refractivity contribution in [2.45, 2.75) is 20.4 Å². The summed E-state index contributed by atoms with van der Waals surface area (Å²) in [6.45, 7) is 4.86. The zero-order valence-electron chi connectivity index (χ0n) is 10.8. The maximum Gasteiger partial charge on any atom is 0.248 e. The van der Waals surface area contributed by atoms with E-state index in [0.29, 0.717) is 17.1 Å². The number of hydrogen-bond acceptors (Lipinski definition) is 3. The highest BCUT2D eigenvalue weighted by atomic mass is 35.5. The highest BCUT2D eigenvalue weighted by Gasteiger charge is 2.07. The summed E-state index contributed by atoms with van der Waals surface area (Å²) in [4.78, 5) is 13.7. The van der Waals surface area contributed by atoms with Crippen LogP contribution in [0.3, 0.4) is 0 Å². The second-order valence-electron chi connectivity index (χ2n) is 4.35. The molecule has 3 nitrogen and oxygen atoms in total. The molecule has 2 rings (SSSR count). The normalized spacial score (nSPS) is 10.5. The number of hydrogen-bond donors (Lipinski definition) is 2. The number of carbonyl (C=O) groups is 1. The third kappa shape index (κ3) is 3.28. The molecular weight excluding hydrogens is 280 g/mol. The van der Waals surface area contributed by atoms with Crippen molar-refractivity contribution < 1.29 is 4.79 Å². The number of anilines is 1. The molecule has 0 spiro atoms. The van der Waals surface area contributed by atoms with Crippen LogP contribution in [0.1, 0.15) is 25.7 Å². The molecule has 0 aliphatic rings. The summed E-state index contributed by atoms with van der Waals surface area (Å²) < 4.78 is 0. The van der Waals surface area contributed by atoms with Crippen molar-refractivity contribution in [1.29, 1.82) is 0 Å². The van der Waals surface area contributed by atoms with E-state index in [1.807, 2.05) is 0 Å². The summed E-state index contributed by atoms with van der Waals surface area (Å²) in [5, 5.41) is 3.82. The van der Waals surface area contributed by atoms with Gasteiger partial charge in [0.15, 0.2) is 0 Å². The van der Waals surface area contributed by atoms with E-state index in [-0.39, 0.29) is 0 Å². The molecule has 3 N–H and O–H groups in total. The summed E-state index contributed by atoms with van der Waals surface area (Å²) in [7, 11) is 0. The first-order chi connectivity index (χ1) is 8.97. The van der Waals surface area contributed by atoms with Crippen LogP contribution in [0.25, 0.3) is 0 Å². The molecule has 1 aromatic heterocycles. The molecule has 0 aliphatic carbocycles. The van der Waals surface area contributed by atoms with Crippen molar-refractivity contribution in [1.82, 2.24) is 0 Å². The number of thiophene rings is 1. The van der Waals surface area contributed by atoms with Crippen LogP contribution >= 0.6 is 22.9 Å². The van der Waals surface area contributed by atoms with Crippen LogP contribution < -0.4 is 11.1 Å². The van der Waals surface area contributed by atoms with Crippen LogP contribution in [0.4, 0.5) is 5.69 Å². The zero-order chi connectivity index (χ0) is 14.0. The zero-order valence-corrected chi connectivity index (χ0v) is 12.4. The number of rotatable bonds is 4. The molecule has 0 radical (unpaired) electrons. The Morgan fingerprint density at radius 1 is 1.37 bits per heavy atom. The minimum Gasteiger partial charge on any atom is -0.380 e. The highest BCUT2D eigenvalue weighted by Crippen LogP contribution is 2.26. The lowest BCUT2D eigenvalue weighted by Crippen LogP contribution is -2.11. The molecule has 5 heteroatoms. The quantitative estimate of drug-likeness (QED) is 0.903. The van der Waals surface area contributed by atoms with Crippen molar-refractivity contribution in [3.8, 4) is 0 Å². The summed E-state index contributed by atoms with van der Waals surface area (Å²) in [6, 6.07) is 7.13. The SMILES string of the molecule is Cc1cc(CNc2cc(C(N)=O)ccc2Cl)c(C)s1. The van der Waals surface area contributed by atoms with Gasteiger partial charge in [0.2, 0.25) is 5.91 Å². The lowest BCUT2D eigenvalue weighted by molar-refractivity contribution is 0.100. The van der Waals surface area contributed by atoms with Crippen LogP contribution in [-0.2, 0) is 6.54 Å². The van der Waals surface area contributed by atoms with Gasteiger partial charge in [-0.05, 0) is 43.7 Å². The molecule has 1 aromatic carbocycles. The molecule has 0 unspecified atom stereocenters. The number of amides is 1. The van der Waals surface area contributed by atoms with Crippen LogP contribution in [0.15, 0.2) is 24.3 Å². The molecular formula is C14H15ClN2OS. The smallest absolute Gasteiger partial charge is 0.248 e. The number of nitrogens with one attached hydrogen (secondary N) is 1. The predicted octanol–water partition coefficient (Wildman–Crippen LogP) is 3.73. The molecule has 0 bridgehead atoms. The molecule has 0 fully saturated rings. The average Bonchev–Trinajstić information content (AvgIpc) is 2.66. The lowest BCUT2D eigenvalue weighted by atomic mass is 10.2. The van der Waals surface area contributed by atoms with Crippen LogP contribution in [0.2, 0.25) is 5.02 Å². The fourth-order valence-electron chi connectivity index (χ4n) is 1.86. The monoisotopic (exact) mass is 294 g/mol. The largest absolute Gasteiger partial charge is 0.380 e. The van der Waals surface area contributed by atoms with Gasteiger partial charge < -0.3 is 11.1 Å². The van der Waals surface area contributed by atoms with Gasteiger partial charge in [-0.25, -0.2) is 0 Å². The Morgan fingerprint density at radius 3 is 2.68 bits per heavy atom. The van der Waals surface area contributed by atoms with Gasteiger partial charge in [0.25, 0.3) is 0 Å². The Balaban J connectivity index is 2.17. The number of benzene rings is 1. The minimum absolute atomic E-state index is 0.449. The Hall–Kier alpha value is -1.52. The van der Waals surface area contributed by atoms with Gasteiger partial charge in [0.1, 0.15) is 0 Å². The maximum atomic E-state index is 11.1. The molecule has 0 saturated heterocycles. The first kappa shape index (κ1) is 13.9. The lowest BCUT2D eigenvalue weighted by Gasteiger charge is -2.09. The standard InChI is InChI=1S/C14H15ClN2OS/c1-8-5-11(9(2)19-8)7-17-13-6-10(14(16)18)3-4-12(13)15/h3-6,17H,7H2,1-2H3,(H2,16,18). The van der Waals surface area contributed by atoms with E-state index in [1.54, 1.807) is 29.5 Å². The molecule has 2 aromatic rings. The third-order valence-electron chi connectivity index (χ3n) is 2.86. The first-order valence-corrected chi connectivity index (χ1v) is 7.06. The predicted molar refractivity (Wildman–Crippen MR) is 81.1 cm³/mol. The Labute approximate surface area is 121 Å². The molecule has 0 atom stereocenters. The van der Waals surface area contributed by atoms with Gasteiger partial charge in [-0.3, -0.25) is 4.79 Å². The van der Waals surface area contributed by atoms with E-state index < -0.39 is 5.91 Å². The van der Waals surface area contributed by atoms with Crippen molar-refractivity contribution >= 4 is 34.5 Å². The minimum atomic E-state index is -0.456. The Bertz CT molecular complexity index is 622. The van der Waals surface area contributed by atoms with Gasteiger partial charge in [-0.15, -0.1) is 11.3 Å². The second-order valence-corrected chi connectivity index (χ2v) is 6.22. The van der Waals surface area contributed by atoms with Crippen molar-refractivity contribution in [2.75, 3.05) is 5.32 Å². The molecule has 0 saturated carbocycles. The van der Waals surface area contributed by atoms with E-state index in [0.717, 1.165) is 5.69 Å². The van der Waals surface area contributed by atoms with E-state index in [9.17, 15) is 4.79 Å². The first-order valence-electron chi connectivity index (χ1n) is 5.86. The molecule has 1 heterocycles. The van der Waals surface area contributed by atoms with E-state index in [2.05, 4.69) is 25.2 Å². The highest BCUT2D eigenvalue weighted by molar-refractivity contribution is 7.12. The molecule has 100 valence electrons. The number of carbonyl (C=O) groups excluding carboxylic acids is 1.